The van der Waals surface area contributed by atoms with E-state index in [2.05, 4.69) is 34.8 Å². The van der Waals surface area contributed by atoms with Gasteiger partial charge in [0.15, 0.2) is 6.61 Å². The van der Waals surface area contributed by atoms with E-state index >= 15 is 0 Å². The standard InChI is InChI=1S/C13H17IN2O2/c1-10-8-16(7-6-15-10)13(17)9-18-12-4-2-11(14)3-5-12/h2-5,10,15H,6-9H2,1H3. The molecule has 18 heavy (non-hydrogen) atoms. The van der Waals surface area contributed by atoms with Crippen LogP contribution in [0.3, 0.4) is 0 Å². The van der Waals surface area contributed by atoms with Crippen LogP contribution in [0, 0.1) is 3.57 Å². The van der Waals surface area contributed by atoms with Crippen LogP contribution in [0.15, 0.2) is 24.3 Å². The van der Waals surface area contributed by atoms with Gasteiger partial charge in [0.05, 0.1) is 0 Å². The van der Waals surface area contributed by atoms with Gasteiger partial charge in [0.2, 0.25) is 0 Å². The zero-order valence-electron chi connectivity index (χ0n) is 10.4. The van der Waals surface area contributed by atoms with Crippen molar-refractivity contribution in [3.8, 4) is 5.75 Å². The minimum atomic E-state index is 0.0573. The highest BCUT2D eigenvalue weighted by molar-refractivity contribution is 14.1. The van der Waals surface area contributed by atoms with Crippen molar-refractivity contribution in [2.45, 2.75) is 13.0 Å². The number of nitrogens with zero attached hydrogens (tertiary/aromatic N) is 1. The van der Waals surface area contributed by atoms with Crippen LogP contribution in [0.25, 0.3) is 0 Å². The molecule has 5 heteroatoms. The Hall–Kier alpha value is -0.820. The average molecular weight is 360 g/mol. The Bertz CT molecular complexity index is 408. The zero-order valence-corrected chi connectivity index (χ0v) is 12.5. The molecule has 1 aromatic rings. The first-order valence-corrected chi connectivity index (χ1v) is 7.12. The van der Waals surface area contributed by atoms with Gasteiger partial charge in [-0.3, -0.25) is 4.79 Å². The first-order chi connectivity index (χ1) is 8.65. The summed E-state index contributed by atoms with van der Waals surface area (Å²) in [4.78, 5) is 13.8. The van der Waals surface area contributed by atoms with E-state index < -0.39 is 0 Å². The summed E-state index contributed by atoms with van der Waals surface area (Å²) >= 11 is 2.24. The second kappa shape index (κ2) is 6.38. The Morgan fingerprint density at radius 2 is 2.22 bits per heavy atom. The van der Waals surface area contributed by atoms with Gasteiger partial charge in [0, 0.05) is 29.2 Å². The molecule has 0 radical (unpaired) electrons. The molecule has 0 aliphatic carbocycles. The van der Waals surface area contributed by atoms with Gasteiger partial charge < -0.3 is 15.0 Å². The second-order valence-electron chi connectivity index (χ2n) is 4.44. The van der Waals surface area contributed by atoms with Crippen molar-refractivity contribution in [2.75, 3.05) is 26.2 Å². The summed E-state index contributed by atoms with van der Waals surface area (Å²) in [7, 11) is 0. The number of amides is 1. The molecule has 1 amide bonds. The fourth-order valence-corrected chi connectivity index (χ4v) is 2.29. The molecule has 0 spiro atoms. The number of carbonyl (C=O) groups is 1. The van der Waals surface area contributed by atoms with Crippen LogP contribution < -0.4 is 10.1 Å². The molecule has 0 bridgehead atoms. The molecule has 4 nitrogen and oxygen atoms in total. The number of hydrogen-bond donors (Lipinski definition) is 1. The summed E-state index contributed by atoms with van der Waals surface area (Å²) in [5.41, 5.74) is 0. The van der Waals surface area contributed by atoms with Gasteiger partial charge in [0.25, 0.3) is 5.91 Å². The summed E-state index contributed by atoms with van der Waals surface area (Å²) in [5, 5.41) is 3.31. The number of rotatable bonds is 3. The molecule has 1 N–H and O–H groups in total. The number of piperazine rings is 1. The van der Waals surface area contributed by atoms with E-state index in [1.54, 1.807) is 0 Å². The fourth-order valence-electron chi connectivity index (χ4n) is 1.93. The minimum absolute atomic E-state index is 0.0573. The van der Waals surface area contributed by atoms with Gasteiger partial charge in [-0.1, -0.05) is 0 Å². The number of hydrogen-bond acceptors (Lipinski definition) is 3. The molecule has 98 valence electrons. The van der Waals surface area contributed by atoms with Crippen LogP contribution >= 0.6 is 22.6 Å². The number of benzene rings is 1. The topological polar surface area (TPSA) is 41.6 Å². The summed E-state index contributed by atoms with van der Waals surface area (Å²) < 4.78 is 6.65. The van der Waals surface area contributed by atoms with Crippen molar-refractivity contribution in [2.24, 2.45) is 0 Å². The van der Waals surface area contributed by atoms with Gasteiger partial charge in [-0.05, 0) is 53.8 Å². The molecule has 2 rings (SSSR count). The summed E-state index contributed by atoms with van der Waals surface area (Å²) in [6.45, 7) is 4.58. The quantitative estimate of drug-likeness (QED) is 0.831. The normalized spacial score (nSPS) is 19.7. The lowest BCUT2D eigenvalue weighted by atomic mass is 10.2. The van der Waals surface area contributed by atoms with E-state index in [0.29, 0.717) is 6.04 Å². The lowest BCUT2D eigenvalue weighted by Gasteiger charge is -2.31. The van der Waals surface area contributed by atoms with Crippen LogP contribution in [0.1, 0.15) is 6.92 Å². The van der Waals surface area contributed by atoms with Crippen LogP contribution in [0.4, 0.5) is 0 Å². The first-order valence-electron chi connectivity index (χ1n) is 6.04. The predicted molar refractivity (Wildman–Crippen MR) is 78.7 cm³/mol. The third-order valence-corrected chi connectivity index (χ3v) is 3.62. The Morgan fingerprint density at radius 1 is 1.50 bits per heavy atom. The van der Waals surface area contributed by atoms with Gasteiger partial charge in [0.1, 0.15) is 5.75 Å². The van der Waals surface area contributed by atoms with Gasteiger partial charge in [-0.15, -0.1) is 0 Å². The molecule has 1 unspecified atom stereocenters. The fraction of sp³-hybridized carbons (Fsp3) is 0.462. The molecular weight excluding hydrogens is 343 g/mol. The van der Waals surface area contributed by atoms with E-state index in [0.717, 1.165) is 29.0 Å². The average Bonchev–Trinajstić information content (AvgIpc) is 2.38. The number of halogens is 1. The highest BCUT2D eigenvalue weighted by Crippen LogP contribution is 2.13. The molecule has 1 aliphatic heterocycles. The van der Waals surface area contributed by atoms with Crippen molar-refractivity contribution < 1.29 is 9.53 Å². The van der Waals surface area contributed by atoms with Crippen LogP contribution in [-0.4, -0.2) is 43.1 Å². The Labute approximate surface area is 121 Å². The zero-order chi connectivity index (χ0) is 13.0. The molecule has 0 aromatic heterocycles. The van der Waals surface area contributed by atoms with Crippen molar-refractivity contribution in [3.05, 3.63) is 27.8 Å². The van der Waals surface area contributed by atoms with Gasteiger partial charge in [-0.25, -0.2) is 0 Å². The maximum absolute atomic E-state index is 12.0. The van der Waals surface area contributed by atoms with E-state index in [9.17, 15) is 4.79 Å². The largest absolute Gasteiger partial charge is 0.484 e. The molecule has 1 aromatic carbocycles. The van der Waals surface area contributed by atoms with Crippen molar-refractivity contribution in [1.82, 2.24) is 10.2 Å². The SMILES string of the molecule is CC1CN(C(=O)COc2ccc(I)cc2)CCN1. The Balaban J connectivity index is 1.82. The molecule has 0 saturated carbocycles. The molecule has 1 aliphatic rings. The highest BCUT2D eigenvalue weighted by Gasteiger charge is 2.20. The Morgan fingerprint density at radius 3 is 2.89 bits per heavy atom. The van der Waals surface area contributed by atoms with Crippen molar-refractivity contribution in [1.29, 1.82) is 0 Å². The third kappa shape index (κ3) is 3.84. The smallest absolute Gasteiger partial charge is 0.260 e. The Kier molecular flexibility index (Phi) is 4.82. The number of nitrogens with one attached hydrogen (secondary N) is 1. The molecule has 1 heterocycles. The monoisotopic (exact) mass is 360 g/mol. The van der Waals surface area contributed by atoms with E-state index in [1.165, 1.54) is 0 Å². The first kappa shape index (κ1) is 13.6. The number of carbonyl (C=O) groups excluding carboxylic acids is 1. The van der Waals surface area contributed by atoms with E-state index in [-0.39, 0.29) is 12.5 Å². The maximum Gasteiger partial charge on any atom is 0.260 e. The predicted octanol–water partition coefficient (Wildman–Crippen LogP) is 1.49. The van der Waals surface area contributed by atoms with Crippen LogP contribution in [-0.2, 0) is 4.79 Å². The van der Waals surface area contributed by atoms with Gasteiger partial charge in [-0.2, -0.15) is 0 Å². The van der Waals surface area contributed by atoms with E-state index in [4.69, 9.17) is 4.74 Å². The number of ether oxygens (including phenoxy) is 1. The van der Waals surface area contributed by atoms with Crippen LogP contribution in [0.5, 0.6) is 5.75 Å². The summed E-state index contributed by atoms with van der Waals surface area (Å²) in [6, 6.07) is 8.06. The molecule has 1 saturated heterocycles. The third-order valence-electron chi connectivity index (χ3n) is 2.90. The minimum Gasteiger partial charge on any atom is -0.484 e. The summed E-state index contributed by atoms with van der Waals surface area (Å²) in [6.07, 6.45) is 0. The molecular formula is C13H17IN2O2. The highest BCUT2D eigenvalue weighted by atomic mass is 127. The maximum atomic E-state index is 12.0. The lowest BCUT2D eigenvalue weighted by Crippen LogP contribution is -2.52. The van der Waals surface area contributed by atoms with E-state index in [1.807, 2.05) is 29.2 Å². The molecule has 1 fully saturated rings. The van der Waals surface area contributed by atoms with Crippen molar-refractivity contribution >= 4 is 28.5 Å². The van der Waals surface area contributed by atoms with Crippen LogP contribution in [0.2, 0.25) is 0 Å². The molecule has 1 atom stereocenters. The lowest BCUT2D eigenvalue weighted by molar-refractivity contribution is -0.134. The second-order valence-corrected chi connectivity index (χ2v) is 5.68. The van der Waals surface area contributed by atoms with Crippen molar-refractivity contribution in [3.63, 3.8) is 0 Å². The summed E-state index contributed by atoms with van der Waals surface area (Å²) in [5.74, 6) is 0.800. The van der Waals surface area contributed by atoms with Gasteiger partial charge >= 0.3 is 0 Å².